The van der Waals surface area contributed by atoms with E-state index in [1.54, 1.807) is 61.0 Å². The van der Waals surface area contributed by atoms with Crippen molar-refractivity contribution >= 4 is 11.8 Å². The zero-order valence-corrected chi connectivity index (χ0v) is 37.8. The third-order valence-electron chi connectivity index (χ3n) is 13.4. The monoisotopic (exact) mass is 839 g/mol. The number of ether oxygens (including phenoxy) is 8. The fraction of sp³-hybridized carbons (Fsp3) is 0.841. The molecule has 0 amide bonds. The van der Waals surface area contributed by atoms with Crippen LogP contribution in [0, 0.1) is 23.7 Å². The molecule has 3 saturated heterocycles. The number of Topliss-reactive ketones (excluding diaryl/α,β-unsaturated/α-hetero) is 1. The lowest BCUT2D eigenvalue weighted by Gasteiger charge is -2.50. The summed E-state index contributed by atoms with van der Waals surface area (Å²) in [4.78, 5) is 34.9. The Bertz CT molecular complexity index is 1500. The Morgan fingerprint density at radius 3 is 2.07 bits per heavy atom. The summed E-state index contributed by atoms with van der Waals surface area (Å²) >= 11 is 0. The van der Waals surface area contributed by atoms with Gasteiger partial charge in [0, 0.05) is 56.8 Å². The number of aliphatic hydroxyl groups is 3. The Balaban J connectivity index is 1.88. The molecule has 0 bridgehead atoms. The van der Waals surface area contributed by atoms with Gasteiger partial charge in [0.1, 0.15) is 29.7 Å². The lowest BCUT2D eigenvalue weighted by atomic mass is 9.74. The van der Waals surface area contributed by atoms with Crippen molar-refractivity contribution in [2.24, 2.45) is 23.7 Å². The maximum Gasteiger partial charge on any atom is 0.311 e. The van der Waals surface area contributed by atoms with Crippen molar-refractivity contribution in [3.63, 3.8) is 0 Å². The van der Waals surface area contributed by atoms with E-state index in [9.17, 15) is 24.9 Å². The van der Waals surface area contributed by atoms with Crippen molar-refractivity contribution in [1.82, 2.24) is 9.88 Å². The zero-order valence-electron chi connectivity index (χ0n) is 37.8. The first-order chi connectivity index (χ1) is 27.5. The van der Waals surface area contributed by atoms with E-state index in [1.165, 1.54) is 14.0 Å². The minimum Gasteiger partial charge on any atom is -0.459 e. The second-order valence-electron chi connectivity index (χ2n) is 18.3. The van der Waals surface area contributed by atoms with E-state index < -0.39 is 102 Å². The minimum atomic E-state index is -1.97. The molecule has 3 aliphatic heterocycles. The molecule has 0 radical (unpaired) electrons. The van der Waals surface area contributed by atoms with Gasteiger partial charge in [-0.05, 0) is 92.6 Å². The van der Waals surface area contributed by atoms with Crippen molar-refractivity contribution in [3.05, 3.63) is 30.1 Å². The molecule has 0 aliphatic carbocycles. The van der Waals surface area contributed by atoms with E-state index >= 15 is 0 Å². The lowest BCUT2D eigenvalue weighted by molar-refractivity contribution is -0.323. The van der Waals surface area contributed by atoms with Crippen molar-refractivity contribution in [2.75, 3.05) is 28.3 Å². The molecule has 0 unspecified atom stereocenters. The molecule has 1 aromatic rings. The average Bonchev–Trinajstić information content (AvgIpc) is 3.20. The minimum absolute atomic E-state index is 0.119. The molecule has 3 fully saturated rings. The highest BCUT2D eigenvalue weighted by molar-refractivity contribution is 5.83. The number of methoxy groups -OCH3 is 2. The standard InChI is InChI=1S/C44H74N2O13/c1-15-32-44(10,51)37(48)26(4)34(47)24(2)21-43(9,53-14)39(59-41-36(31(46(11)12)20-25(3)55-41)54-23-30-16-18-45-19-17-30)27(5)35(28(6)40(50)57-32)58-33-22-42(8,52-13)38(49)29(7)56-33/h16-19,24-29,31-33,35-39,41,48-49,51H,15,20-23H2,1-14H3/t24-,25-,26+,27+,28-,29+,31+,32-,33+,35+,36-,37-,38+,39-,41+,42-,43+,44-/m1/s1. The summed E-state index contributed by atoms with van der Waals surface area (Å²) in [7, 11) is 7.05. The quantitative estimate of drug-likeness (QED) is 0.271. The van der Waals surface area contributed by atoms with Crippen LogP contribution < -0.4 is 0 Å². The highest BCUT2D eigenvalue weighted by atomic mass is 16.7. The number of ketones is 1. The van der Waals surface area contributed by atoms with Crippen LogP contribution in [0.2, 0.25) is 0 Å². The molecule has 3 aliphatic rings. The van der Waals surface area contributed by atoms with Crippen LogP contribution in [0.15, 0.2) is 24.5 Å². The van der Waals surface area contributed by atoms with Crippen LogP contribution in [-0.4, -0.2) is 150 Å². The zero-order chi connectivity index (χ0) is 44.2. The van der Waals surface area contributed by atoms with E-state index in [1.807, 2.05) is 47.0 Å². The Hall–Kier alpha value is -2.15. The van der Waals surface area contributed by atoms with Crippen LogP contribution >= 0.6 is 0 Å². The first-order valence-electron chi connectivity index (χ1n) is 21.3. The Morgan fingerprint density at radius 1 is 0.864 bits per heavy atom. The summed E-state index contributed by atoms with van der Waals surface area (Å²) in [5.74, 6) is -4.41. The van der Waals surface area contributed by atoms with Gasteiger partial charge in [0.15, 0.2) is 12.6 Å². The number of cyclic esters (lactones) is 1. The molecule has 15 heteroatoms. The van der Waals surface area contributed by atoms with Gasteiger partial charge in [0.2, 0.25) is 0 Å². The van der Waals surface area contributed by atoms with Gasteiger partial charge in [-0.15, -0.1) is 0 Å². The van der Waals surface area contributed by atoms with E-state index in [4.69, 9.17) is 37.9 Å². The third kappa shape index (κ3) is 11.1. The summed E-state index contributed by atoms with van der Waals surface area (Å²) in [6.45, 7) is 17.7. The molecule has 18 atom stereocenters. The van der Waals surface area contributed by atoms with Gasteiger partial charge in [-0.3, -0.25) is 14.6 Å². The maximum atomic E-state index is 14.4. The van der Waals surface area contributed by atoms with Crippen LogP contribution in [0.3, 0.4) is 0 Å². The normalized spacial score (nSPS) is 44.5. The fourth-order valence-electron chi connectivity index (χ4n) is 9.42. The van der Waals surface area contributed by atoms with Gasteiger partial charge < -0.3 is 58.1 Å². The first-order valence-corrected chi connectivity index (χ1v) is 21.3. The van der Waals surface area contributed by atoms with Crippen LogP contribution in [0.5, 0.6) is 0 Å². The number of esters is 1. The number of carbonyl (C=O) groups is 2. The summed E-state index contributed by atoms with van der Waals surface area (Å²) in [5.41, 5.74) is -3.32. The molecule has 59 heavy (non-hydrogen) atoms. The van der Waals surface area contributed by atoms with E-state index in [0.717, 1.165) is 5.56 Å². The molecule has 4 rings (SSSR count). The van der Waals surface area contributed by atoms with Crippen molar-refractivity contribution < 1.29 is 62.8 Å². The van der Waals surface area contributed by atoms with Gasteiger partial charge in [-0.1, -0.05) is 27.7 Å². The summed E-state index contributed by atoms with van der Waals surface area (Å²) in [6.07, 6.45) is -4.49. The molecule has 3 N–H and O–H groups in total. The van der Waals surface area contributed by atoms with E-state index in [0.29, 0.717) is 6.42 Å². The predicted octanol–water partition coefficient (Wildman–Crippen LogP) is 4.06. The topological polar surface area (TPSA) is 185 Å². The van der Waals surface area contributed by atoms with Crippen LogP contribution in [0.4, 0.5) is 0 Å². The maximum absolute atomic E-state index is 14.4. The van der Waals surface area contributed by atoms with E-state index in [-0.39, 0.29) is 43.8 Å². The van der Waals surface area contributed by atoms with Crippen molar-refractivity contribution in [3.8, 4) is 0 Å². The SMILES string of the molecule is CC[C@H]1OC(=O)[C@H](C)[C@@H](O[C@H]2C[C@@](C)(OC)[C@@H](O)[C@H](C)O2)[C@H](C)[C@@H](O[C@@H]2O[C@H](C)C[C@H](N(C)C)[C@H]2OCc2ccncc2)[C@@](C)(OC)C[C@@H](C)C(=O)[C@H](C)[C@@H](O)[C@]1(C)O. The highest BCUT2D eigenvalue weighted by Gasteiger charge is 2.54. The van der Waals surface area contributed by atoms with Crippen LogP contribution in [0.25, 0.3) is 0 Å². The molecule has 1 aromatic heterocycles. The van der Waals surface area contributed by atoms with Gasteiger partial charge in [0.25, 0.3) is 0 Å². The van der Waals surface area contributed by atoms with Gasteiger partial charge in [0.05, 0.1) is 54.2 Å². The molecule has 4 heterocycles. The smallest absolute Gasteiger partial charge is 0.311 e. The van der Waals surface area contributed by atoms with Crippen molar-refractivity contribution in [1.29, 1.82) is 0 Å². The number of aliphatic hydroxyl groups excluding tert-OH is 2. The molecule has 0 saturated carbocycles. The Morgan fingerprint density at radius 2 is 1.49 bits per heavy atom. The summed E-state index contributed by atoms with van der Waals surface area (Å²) in [5, 5.41) is 34.4. The number of aromatic nitrogens is 1. The third-order valence-corrected chi connectivity index (χ3v) is 13.4. The fourth-order valence-corrected chi connectivity index (χ4v) is 9.42. The van der Waals surface area contributed by atoms with Gasteiger partial charge in [-0.2, -0.15) is 0 Å². The predicted molar refractivity (Wildman–Crippen MR) is 218 cm³/mol. The number of carbonyl (C=O) groups excluding carboxylic acids is 2. The van der Waals surface area contributed by atoms with Crippen LogP contribution in [0.1, 0.15) is 100 Å². The molecule has 0 spiro atoms. The molecule has 0 aromatic carbocycles. The second-order valence-corrected chi connectivity index (χ2v) is 18.3. The Labute approximate surface area is 351 Å². The second kappa shape index (κ2) is 20.4. The number of nitrogens with zero attached hydrogens (tertiary/aromatic N) is 2. The first kappa shape index (κ1) is 49.5. The number of pyridine rings is 1. The number of likely N-dealkylation sites (N-methyl/N-ethyl adjacent to an activating group) is 1. The largest absolute Gasteiger partial charge is 0.459 e. The van der Waals surface area contributed by atoms with E-state index in [2.05, 4.69) is 9.88 Å². The average molecular weight is 839 g/mol. The van der Waals surface area contributed by atoms with Gasteiger partial charge >= 0.3 is 5.97 Å². The van der Waals surface area contributed by atoms with Crippen molar-refractivity contribution in [2.45, 2.75) is 186 Å². The van der Waals surface area contributed by atoms with Gasteiger partial charge in [-0.25, -0.2) is 0 Å². The molecular weight excluding hydrogens is 764 g/mol. The summed E-state index contributed by atoms with van der Waals surface area (Å²) in [6, 6.07) is 3.65. The molecular formula is C44H74N2O13. The number of rotatable bonds is 11. The molecule has 338 valence electrons. The lowest BCUT2D eigenvalue weighted by Crippen LogP contribution is -2.61. The number of hydrogen-bond donors (Lipinski definition) is 3. The highest BCUT2D eigenvalue weighted by Crippen LogP contribution is 2.42. The Kier molecular flexibility index (Phi) is 17.1. The molecule has 15 nitrogen and oxygen atoms in total. The van der Waals surface area contributed by atoms with Crippen LogP contribution in [-0.2, 0) is 54.1 Å². The number of hydrogen-bond acceptors (Lipinski definition) is 15. The summed E-state index contributed by atoms with van der Waals surface area (Å²) < 4.78 is 51.9.